The van der Waals surface area contributed by atoms with Crippen LogP contribution in [0.3, 0.4) is 0 Å². The molecule has 76 valence electrons. The molecule has 0 aromatic heterocycles. The average Bonchev–Trinajstić information content (AvgIpc) is 2.19. The first-order valence-electron chi connectivity index (χ1n) is 5.63. The van der Waals surface area contributed by atoms with Gasteiger partial charge in [-0.3, -0.25) is 0 Å². The lowest BCUT2D eigenvalue weighted by atomic mass is 9.82. The lowest BCUT2D eigenvalue weighted by molar-refractivity contribution is -0.889. The molecule has 1 saturated heterocycles. The number of quaternary nitrogens is 1. The van der Waals surface area contributed by atoms with Crippen LogP contribution >= 0.6 is 0 Å². The predicted molar refractivity (Wildman–Crippen MR) is 59.6 cm³/mol. The molecule has 1 aromatic carbocycles. The van der Waals surface area contributed by atoms with Crippen LogP contribution in [-0.2, 0) is 0 Å². The van der Waals surface area contributed by atoms with Crippen molar-refractivity contribution in [2.24, 2.45) is 5.92 Å². The molecule has 14 heavy (non-hydrogen) atoms. The van der Waals surface area contributed by atoms with E-state index in [-0.39, 0.29) is 0 Å². The van der Waals surface area contributed by atoms with Crippen molar-refractivity contribution in [2.75, 3.05) is 20.1 Å². The number of piperidine rings is 1. The summed E-state index contributed by atoms with van der Waals surface area (Å²) in [5.74, 6) is 1.62. The molecule has 1 heteroatoms. The highest BCUT2D eigenvalue weighted by Gasteiger charge is 2.27. The van der Waals surface area contributed by atoms with E-state index in [4.69, 9.17) is 0 Å². The van der Waals surface area contributed by atoms with Gasteiger partial charge in [-0.05, 0) is 11.5 Å². The van der Waals surface area contributed by atoms with Crippen LogP contribution in [-0.4, -0.2) is 20.1 Å². The van der Waals surface area contributed by atoms with Crippen LogP contribution in [0.2, 0.25) is 0 Å². The quantitative estimate of drug-likeness (QED) is 0.681. The molecule has 2 rings (SSSR count). The summed E-state index contributed by atoms with van der Waals surface area (Å²) in [6.07, 6.45) is 1.34. The largest absolute Gasteiger partial charge is 0.337 e. The third-order valence-corrected chi connectivity index (χ3v) is 3.47. The standard InChI is InChI=1S/C13H19N/c1-11-10-14(2)9-8-13(11)12-6-4-3-5-7-12/h3-7,11,13H,8-10H2,1-2H3/p+1/t11-,13+/m1/s1. The molecule has 1 fully saturated rings. The molecular weight excluding hydrogens is 170 g/mol. The van der Waals surface area contributed by atoms with Crippen LogP contribution in [0, 0.1) is 5.92 Å². The minimum Gasteiger partial charge on any atom is -0.337 e. The number of likely N-dealkylation sites (tertiary alicyclic amines) is 1. The van der Waals surface area contributed by atoms with E-state index >= 15 is 0 Å². The molecule has 0 amide bonds. The highest BCUT2D eigenvalue weighted by atomic mass is 15.1. The molecule has 1 heterocycles. The van der Waals surface area contributed by atoms with Gasteiger partial charge in [0.15, 0.2) is 0 Å². The Hall–Kier alpha value is -0.820. The Bertz CT molecular complexity index is 281. The van der Waals surface area contributed by atoms with Gasteiger partial charge in [0.1, 0.15) is 0 Å². The molecule has 0 saturated carbocycles. The highest BCUT2D eigenvalue weighted by molar-refractivity contribution is 5.20. The molecule has 1 aromatic rings. The molecule has 0 aliphatic carbocycles. The monoisotopic (exact) mass is 190 g/mol. The van der Waals surface area contributed by atoms with Gasteiger partial charge < -0.3 is 4.90 Å². The lowest BCUT2D eigenvalue weighted by Gasteiger charge is -2.32. The predicted octanol–water partition coefficient (Wildman–Crippen LogP) is 1.32. The Morgan fingerprint density at radius 1 is 1.21 bits per heavy atom. The maximum Gasteiger partial charge on any atom is 0.0800 e. The van der Waals surface area contributed by atoms with Gasteiger partial charge in [0.2, 0.25) is 0 Å². The highest BCUT2D eigenvalue weighted by Crippen LogP contribution is 2.28. The topological polar surface area (TPSA) is 4.44 Å². The molecule has 1 aliphatic rings. The maximum absolute atomic E-state index is 2.39. The van der Waals surface area contributed by atoms with Crippen molar-refractivity contribution in [3.63, 3.8) is 0 Å². The van der Waals surface area contributed by atoms with Crippen LogP contribution in [0.15, 0.2) is 30.3 Å². The smallest absolute Gasteiger partial charge is 0.0800 e. The van der Waals surface area contributed by atoms with Crippen LogP contribution < -0.4 is 4.90 Å². The first-order chi connectivity index (χ1) is 6.77. The van der Waals surface area contributed by atoms with E-state index in [1.807, 2.05) is 0 Å². The number of hydrogen-bond donors (Lipinski definition) is 1. The van der Waals surface area contributed by atoms with E-state index in [0.29, 0.717) is 0 Å². The van der Waals surface area contributed by atoms with E-state index in [1.165, 1.54) is 25.1 Å². The van der Waals surface area contributed by atoms with Crippen molar-refractivity contribution < 1.29 is 4.90 Å². The van der Waals surface area contributed by atoms with Crippen LogP contribution in [0.25, 0.3) is 0 Å². The van der Waals surface area contributed by atoms with E-state index in [0.717, 1.165) is 11.8 Å². The van der Waals surface area contributed by atoms with Gasteiger partial charge in [-0.15, -0.1) is 0 Å². The molecular formula is C13H20N+. The van der Waals surface area contributed by atoms with E-state index < -0.39 is 0 Å². The Balaban J connectivity index is 2.12. The van der Waals surface area contributed by atoms with Gasteiger partial charge in [0, 0.05) is 12.3 Å². The summed E-state index contributed by atoms with van der Waals surface area (Å²) in [6, 6.07) is 11.0. The van der Waals surface area contributed by atoms with Crippen molar-refractivity contribution in [1.29, 1.82) is 0 Å². The van der Waals surface area contributed by atoms with Crippen molar-refractivity contribution in [3.8, 4) is 0 Å². The van der Waals surface area contributed by atoms with Gasteiger partial charge in [0.25, 0.3) is 0 Å². The fourth-order valence-corrected chi connectivity index (χ4v) is 2.68. The summed E-state index contributed by atoms with van der Waals surface area (Å²) in [6.45, 7) is 5.03. The summed E-state index contributed by atoms with van der Waals surface area (Å²) in [4.78, 5) is 1.68. The van der Waals surface area contributed by atoms with Crippen molar-refractivity contribution in [2.45, 2.75) is 19.3 Å². The zero-order valence-corrected chi connectivity index (χ0v) is 9.16. The molecule has 0 spiro atoms. The van der Waals surface area contributed by atoms with Crippen molar-refractivity contribution >= 4 is 0 Å². The number of rotatable bonds is 1. The molecule has 1 N–H and O–H groups in total. The zero-order valence-electron chi connectivity index (χ0n) is 9.16. The molecule has 0 bridgehead atoms. The van der Waals surface area contributed by atoms with Crippen molar-refractivity contribution in [1.82, 2.24) is 0 Å². The Morgan fingerprint density at radius 3 is 2.57 bits per heavy atom. The third kappa shape index (κ3) is 1.98. The second kappa shape index (κ2) is 4.14. The fraction of sp³-hybridized carbons (Fsp3) is 0.538. The van der Waals surface area contributed by atoms with Gasteiger partial charge in [-0.25, -0.2) is 0 Å². The van der Waals surface area contributed by atoms with E-state index in [2.05, 4.69) is 44.3 Å². The molecule has 3 atom stereocenters. The Kier molecular flexibility index (Phi) is 2.87. The Morgan fingerprint density at radius 2 is 1.93 bits per heavy atom. The second-order valence-corrected chi connectivity index (χ2v) is 4.69. The van der Waals surface area contributed by atoms with Gasteiger partial charge in [-0.2, -0.15) is 0 Å². The molecule has 0 radical (unpaired) electrons. The summed E-state index contributed by atoms with van der Waals surface area (Å²) in [5.41, 5.74) is 1.53. The first kappa shape index (κ1) is 9.72. The summed E-state index contributed by atoms with van der Waals surface area (Å²) >= 11 is 0. The fourth-order valence-electron chi connectivity index (χ4n) is 2.68. The number of benzene rings is 1. The minimum absolute atomic E-state index is 0.792. The average molecular weight is 190 g/mol. The number of hydrogen-bond acceptors (Lipinski definition) is 0. The summed E-state index contributed by atoms with van der Waals surface area (Å²) < 4.78 is 0. The maximum atomic E-state index is 2.39. The zero-order chi connectivity index (χ0) is 9.97. The minimum atomic E-state index is 0.792. The lowest BCUT2D eigenvalue weighted by Crippen LogP contribution is -3.10. The SMILES string of the molecule is C[C@@H]1C[NH+](C)CC[C@@H]1c1ccccc1. The summed E-state index contributed by atoms with van der Waals surface area (Å²) in [5, 5.41) is 0. The third-order valence-electron chi connectivity index (χ3n) is 3.47. The van der Waals surface area contributed by atoms with E-state index in [9.17, 15) is 0 Å². The number of nitrogens with one attached hydrogen (secondary N) is 1. The second-order valence-electron chi connectivity index (χ2n) is 4.69. The molecule has 1 nitrogen and oxygen atoms in total. The van der Waals surface area contributed by atoms with Crippen LogP contribution in [0.4, 0.5) is 0 Å². The van der Waals surface area contributed by atoms with Crippen LogP contribution in [0.5, 0.6) is 0 Å². The molecule has 1 aliphatic heterocycles. The molecule has 1 unspecified atom stereocenters. The van der Waals surface area contributed by atoms with Gasteiger partial charge in [0.05, 0.1) is 20.1 Å². The first-order valence-corrected chi connectivity index (χ1v) is 5.63. The Labute approximate surface area is 86.7 Å². The van der Waals surface area contributed by atoms with Gasteiger partial charge >= 0.3 is 0 Å². The van der Waals surface area contributed by atoms with Crippen LogP contribution in [0.1, 0.15) is 24.8 Å². The van der Waals surface area contributed by atoms with Crippen molar-refractivity contribution in [3.05, 3.63) is 35.9 Å². The summed E-state index contributed by atoms with van der Waals surface area (Å²) in [7, 11) is 2.30. The van der Waals surface area contributed by atoms with Gasteiger partial charge in [-0.1, -0.05) is 37.3 Å². The normalized spacial score (nSPS) is 32.9. The van der Waals surface area contributed by atoms with E-state index in [1.54, 1.807) is 4.90 Å².